The van der Waals surface area contributed by atoms with Crippen molar-refractivity contribution in [3.8, 4) is 11.5 Å². The van der Waals surface area contributed by atoms with Crippen LogP contribution in [0.3, 0.4) is 0 Å². The van der Waals surface area contributed by atoms with E-state index in [0.717, 1.165) is 5.56 Å². The number of ether oxygens (including phenoxy) is 2. The molecule has 26 heavy (non-hydrogen) atoms. The fraction of sp³-hybridized carbons (Fsp3) is 0.200. The number of nitrogens with one attached hydrogen (secondary N) is 1. The molecule has 6 heteroatoms. The summed E-state index contributed by atoms with van der Waals surface area (Å²) in [6.07, 6.45) is 2.57. The summed E-state index contributed by atoms with van der Waals surface area (Å²) in [6, 6.07) is 11.9. The summed E-state index contributed by atoms with van der Waals surface area (Å²) in [4.78, 5) is 16.5. The minimum absolute atomic E-state index is 0.254. The lowest BCUT2D eigenvalue weighted by atomic mass is 10.1. The van der Waals surface area contributed by atoms with Crippen molar-refractivity contribution in [1.82, 2.24) is 5.32 Å². The molecule has 0 aliphatic carbocycles. The Balaban J connectivity index is 1.77. The lowest BCUT2D eigenvalue weighted by molar-refractivity contribution is -0.115. The molecule has 1 heterocycles. The van der Waals surface area contributed by atoms with E-state index >= 15 is 0 Å². The molecule has 1 N–H and O–H groups in total. The highest BCUT2D eigenvalue weighted by Crippen LogP contribution is 2.27. The van der Waals surface area contributed by atoms with Crippen LogP contribution in [0.2, 0.25) is 0 Å². The van der Waals surface area contributed by atoms with Gasteiger partial charge in [-0.05, 0) is 36.3 Å². The molecule has 5 nitrogen and oxygen atoms in total. The van der Waals surface area contributed by atoms with Gasteiger partial charge in [0.25, 0.3) is 5.91 Å². The third-order valence-corrected chi connectivity index (χ3v) is 4.07. The number of nitrogens with zero attached hydrogens (tertiary/aromatic N) is 1. The molecule has 0 saturated heterocycles. The van der Waals surface area contributed by atoms with Gasteiger partial charge >= 0.3 is 0 Å². The summed E-state index contributed by atoms with van der Waals surface area (Å²) in [5.41, 5.74) is 1.60. The Labute approximate surface area is 151 Å². The van der Waals surface area contributed by atoms with Crippen LogP contribution in [0.25, 0.3) is 6.08 Å². The van der Waals surface area contributed by atoms with Crippen LogP contribution in [0.1, 0.15) is 17.5 Å². The van der Waals surface area contributed by atoms with Gasteiger partial charge < -0.3 is 14.8 Å². The molecule has 2 aromatic carbocycles. The van der Waals surface area contributed by atoms with Crippen molar-refractivity contribution in [1.29, 1.82) is 0 Å². The van der Waals surface area contributed by atoms with Crippen molar-refractivity contribution in [3.05, 3.63) is 65.1 Å². The summed E-state index contributed by atoms with van der Waals surface area (Å²) in [5.74, 6) is 1.23. The Morgan fingerprint density at radius 3 is 2.65 bits per heavy atom. The number of rotatable bonds is 6. The molecule has 0 bridgehead atoms. The van der Waals surface area contributed by atoms with Crippen LogP contribution in [0.15, 0.2) is 53.2 Å². The van der Waals surface area contributed by atoms with Crippen molar-refractivity contribution in [3.63, 3.8) is 0 Å². The maximum atomic E-state index is 13.7. The number of hydrogen-bond donors (Lipinski definition) is 1. The Kier molecular flexibility index (Phi) is 5.31. The fourth-order valence-electron chi connectivity index (χ4n) is 2.67. The first-order chi connectivity index (χ1) is 12.6. The highest BCUT2D eigenvalue weighted by molar-refractivity contribution is 6.14. The average molecular weight is 354 g/mol. The lowest BCUT2D eigenvalue weighted by Gasteiger charge is -2.07. The SMILES string of the molecule is COc1ccc(/C=C2/N=C(CCc3ccccc3F)NC2=O)c(OC)c1. The van der Waals surface area contributed by atoms with E-state index in [0.29, 0.717) is 35.7 Å². The number of benzene rings is 2. The van der Waals surface area contributed by atoms with E-state index in [-0.39, 0.29) is 17.4 Å². The standard InChI is InChI=1S/C20H19FN2O3/c1-25-15-9-7-14(18(12-15)26-2)11-17-20(24)23-19(22-17)10-8-13-5-3-4-6-16(13)21/h3-7,9,11-12H,8,10H2,1-2H3,(H,22,23,24)/b17-11+. The minimum atomic E-state index is -0.286. The van der Waals surface area contributed by atoms with E-state index in [4.69, 9.17) is 9.47 Å². The number of amidine groups is 1. The van der Waals surface area contributed by atoms with Gasteiger partial charge in [-0.2, -0.15) is 0 Å². The van der Waals surface area contributed by atoms with Crippen LogP contribution >= 0.6 is 0 Å². The largest absolute Gasteiger partial charge is 0.497 e. The Morgan fingerprint density at radius 1 is 1.12 bits per heavy atom. The molecule has 0 saturated carbocycles. The number of halogens is 1. The molecular formula is C20H19FN2O3. The van der Waals surface area contributed by atoms with Gasteiger partial charge in [-0.3, -0.25) is 4.79 Å². The van der Waals surface area contributed by atoms with Crippen LogP contribution < -0.4 is 14.8 Å². The van der Waals surface area contributed by atoms with Crippen molar-refractivity contribution in [2.75, 3.05) is 14.2 Å². The number of carbonyl (C=O) groups is 1. The van der Waals surface area contributed by atoms with E-state index in [2.05, 4.69) is 10.3 Å². The summed E-state index contributed by atoms with van der Waals surface area (Å²) >= 11 is 0. The van der Waals surface area contributed by atoms with Crippen LogP contribution in [-0.2, 0) is 11.2 Å². The van der Waals surface area contributed by atoms with Gasteiger partial charge in [0.1, 0.15) is 28.8 Å². The molecule has 1 aliphatic rings. The number of aryl methyl sites for hydroxylation is 1. The van der Waals surface area contributed by atoms with Crippen molar-refractivity contribution in [2.24, 2.45) is 4.99 Å². The van der Waals surface area contributed by atoms with Crippen LogP contribution in [0.5, 0.6) is 11.5 Å². The molecule has 0 unspecified atom stereocenters. The van der Waals surface area contributed by atoms with E-state index < -0.39 is 0 Å². The second-order valence-corrected chi connectivity index (χ2v) is 5.74. The predicted molar refractivity (Wildman–Crippen MR) is 97.8 cm³/mol. The Hall–Kier alpha value is -3.15. The second-order valence-electron chi connectivity index (χ2n) is 5.74. The van der Waals surface area contributed by atoms with Gasteiger partial charge in [-0.25, -0.2) is 9.38 Å². The monoisotopic (exact) mass is 354 g/mol. The summed E-state index contributed by atoms with van der Waals surface area (Å²) in [6.45, 7) is 0. The molecule has 134 valence electrons. The smallest absolute Gasteiger partial charge is 0.275 e. The topological polar surface area (TPSA) is 59.9 Å². The molecule has 0 fully saturated rings. The first-order valence-electron chi connectivity index (χ1n) is 8.16. The zero-order chi connectivity index (χ0) is 18.5. The van der Waals surface area contributed by atoms with Gasteiger partial charge in [0.05, 0.1) is 14.2 Å². The van der Waals surface area contributed by atoms with Crippen LogP contribution in [0, 0.1) is 5.82 Å². The molecule has 3 rings (SSSR count). The van der Waals surface area contributed by atoms with Crippen molar-refractivity contribution in [2.45, 2.75) is 12.8 Å². The van der Waals surface area contributed by atoms with Crippen molar-refractivity contribution < 1.29 is 18.7 Å². The number of hydrogen-bond acceptors (Lipinski definition) is 4. The van der Waals surface area contributed by atoms with Gasteiger partial charge in [-0.1, -0.05) is 18.2 Å². The van der Waals surface area contributed by atoms with Crippen LogP contribution in [0.4, 0.5) is 4.39 Å². The first-order valence-corrected chi connectivity index (χ1v) is 8.16. The Morgan fingerprint density at radius 2 is 1.92 bits per heavy atom. The number of carbonyl (C=O) groups excluding carboxylic acids is 1. The normalized spacial score (nSPS) is 15.0. The quantitative estimate of drug-likeness (QED) is 0.810. The highest BCUT2D eigenvalue weighted by atomic mass is 19.1. The third-order valence-electron chi connectivity index (χ3n) is 4.07. The predicted octanol–water partition coefficient (Wildman–Crippen LogP) is 3.34. The van der Waals surface area contributed by atoms with Crippen molar-refractivity contribution >= 4 is 17.8 Å². The number of methoxy groups -OCH3 is 2. The molecule has 0 spiro atoms. The number of amides is 1. The van der Waals surface area contributed by atoms with E-state index in [9.17, 15) is 9.18 Å². The molecule has 0 atom stereocenters. The average Bonchev–Trinajstić information content (AvgIpc) is 3.01. The minimum Gasteiger partial charge on any atom is -0.497 e. The van der Waals surface area contributed by atoms with E-state index in [1.165, 1.54) is 6.07 Å². The second kappa shape index (κ2) is 7.82. The molecule has 0 radical (unpaired) electrons. The van der Waals surface area contributed by atoms with Crippen LogP contribution in [-0.4, -0.2) is 26.0 Å². The fourth-order valence-corrected chi connectivity index (χ4v) is 2.67. The summed E-state index contributed by atoms with van der Waals surface area (Å²) in [5, 5.41) is 2.73. The summed E-state index contributed by atoms with van der Waals surface area (Å²) < 4.78 is 24.2. The maximum Gasteiger partial charge on any atom is 0.275 e. The Bertz CT molecular complexity index is 890. The molecule has 1 aliphatic heterocycles. The molecule has 2 aromatic rings. The highest BCUT2D eigenvalue weighted by Gasteiger charge is 2.20. The van der Waals surface area contributed by atoms with Gasteiger partial charge in [-0.15, -0.1) is 0 Å². The van der Waals surface area contributed by atoms with E-state index in [1.807, 2.05) is 0 Å². The molecule has 0 aromatic heterocycles. The summed E-state index contributed by atoms with van der Waals surface area (Å²) in [7, 11) is 3.12. The first kappa shape index (κ1) is 17.7. The third kappa shape index (κ3) is 3.91. The maximum absolute atomic E-state index is 13.7. The molecular weight excluding hydrogens is 335 g/mol. The van der Waals surface area contributed by atoms with Gasteiger partial charge in [0.2, 0.25) is 0 Å². The van der Waals surface area contributed by atoms with Gasteiger partial charge in [0, 0.05) is 18.1 Å². The number of aliphatic imine (C=N–C) groups is 1. The zero-order valence-corrected chi connectivity index (χ0v) is 14.6. The van der Waals surface area contributed by atoms with Gasteiger partial charge in [0.15, 0.2) is 0 Å². The lowest BCUT2D eigenvalue weighted by Crippen LogP contribution is -2.24. The zero-order valence-electron chi connectivity index (χ0n) is 14.6. The van der Waals surface area contributed by atoms with E-state index in [1.54, 1.807) is 56.7 Å². The molecule has 1 amide bonds.